The molecule has 2 heterocycles. The molecule has 2 N–H and O–H groups in total. The van der Waals surface area contributed by atoms with E-state index in [9.17, 15) is 4.79 Å². The zero-order valence-corrected chi connectivity index (χ0v) is 7.93. The fraction of sp³-hybridized carbons (Fsp3) is 0.500. The lowest BCUT2D eigenvalue weighted by atomic mass is 10.2. The van der Waals surface area contributed by atoms with E-state index < -0.39 is 0 Å². The summed E-state index contributed by atoms with van der Waals surface area (Å²) in [5.74, 6) is -0.00352. The second kappa shape index (κ2) is 3.85. The van der Waals surface area contributed by atoms with Gasteiger partial charge >= 0.3 is 0 Å². The molecule has 5 heteroatoms. The monoisotopic (exact) mass is 197 g/mol. The van der Waals surface area contributed by atoms with Crippen molar-refractivity contribution in [1.29, 1.82) is 0 Å². The molecule has 4 nitrogen and oxygen atoms in total. The van der Waals surface area contributed by atoms with Gasteiger partial charge in [-0.3, -0.25) is 9.78 Å². The SMILES string of the molecule is O=C(N[C@H]1CCNC1)c1cncs1. The number of carbonyl (C=O) groups is 1. The minimum atomic E-state index is -0.00352. The summed E-state index contributed by atoms with van der Waals surface area (Å²) < 4.78 is 0. The van der Waals surface area contributed by atoms with Crippen LogP contribution in [0.2, 0.25) is 0 Å². The maximum absolute atomic E-state index is 11.5. The van der Waals surface area contributed by atoms with Crippen LogP contribution in [0.25, 0.3) is 0 Å². The maximum atomic E-state index is 11.5. The van der Waals surface area contributed by atoms with Crippen LogP contribution in [0.4, 0.5) is 0 Å². The number of rotatable bonds is 2. The zero-order chi connectivity index (χ0) is 9.10. The third-order valence-corrected chi connectivity index (χ3v) is 2.82. The predicted octanol–water partition coefficient (Wildman–Crippen LogP) is 0.235. The molecular formula is C8H11N3OS. The number of aromatic nitrogens is 1. The van der Waals surface area contributed by atoms with Crippen molar-refractivity contribution >= 4 is 17.2 Å². The minimum Gasteiger partial charge on any atom is -0.347 e. The van der Waals surface area contributed by atoms with Crippen molar-refractivity contribution in [2.24, 2.45) is 0 Å². The van der Waals surface area contributed by atoms with E-state index in [0.717, 1.165) is 19.5 Å². The highest BCUT2D eigenvalue weighted by Gasteiger charge is 2.17. The average Bonchev–Trinajstić information content (AvgIpc) is 2.74. The van der Waals surface area contributed by atoms with Gasteiger partial charge in [0, 0.05) is 12.6 Å². The number of carbonyl (C=O) groups excluding carboxylic acids is 1. The first kappa shape index (κ1) is 8.65. The second-order valence-corrected chi connectivity index (χ2v) is 3.92. The molecule has 1 saturated heterocycles. The highest BCUT2D eigenvalue weighted by atomic mass is 32.1. The summed E-state index contributed by atoms with van der Waals surface area (Å²) in [6.07, 6.45) is 2.62. The van der Waals surface area contributed by atoms with Crippen LogP contribution in [0, 0.1) is 0 Å². The first-order valence-electron chi connectivity index (χ1n) is 4.26. The number of nitrogens with zero attached hydrogens (tertiary/aromatic N) is 1. The lowest BCUT2D eigenvalue weighted by Gasteiger charge is -2.09. The second-order valence-electron chi connectivity index (χ2n) is 3.03. The van der Waals surface area contributed by atoms with E-state index in [-0.39, 0.29) is 11.9 Å². The fourth-order valence-electron chi connectivity index (χ4n) is 1.36. The highest BCUT2D eigenvalue weighted by Crippen LogP contribution is 2.06. The van der Waals surface area contributed by atoms with Crippen LogP contribution in [0.15, 0.2) is 11.7 Å². The Labute approximate surface area is 80.4 Å². The molecule has 1 aromatic heterocycles. The largest absolute Gasteiger partial charge is 0.347 e. The van der Waals surface area contributed by atoms with Crippen molar-refractivity contribution in [1.82, 2.24) is 15.6 Å². The average molecular weight is 197 g/mol. The number of thiazole rings is 1. The number of hydrogen-bond donors (Lipinski definition) is 2. The Hall–Kier alpha value is -0.940. The van der Waals surface area contributed by atoms with Crippen LogP contribution in [0.3, 0.4) is 0 Å². The van der Waals surface area contributed by atoms with E-state index >= 15 is 0 Å². The minimum absolute atomic E-state index is 0.00352. The molecule has 0 saturated carbocycles. The van der Waals surface area contributed by atoms with Gasteiger partial charge in [-0.05, 0) is 13.0 Å². The van der Waals surface area contributed by atoms with Gasteiger partial charge in [0.15, 0.2) is 0 Å². The molecule has 1 fully saturated rings. The van der Waals surface area contributed by atoms with Gasteiger partial charge < -0.3 is 10.6 Å². The summed E-state index contributed by atoms with van der Waals surface area (Å²) in [7, 11) is 0. The summed E-state index contributed by atoms with van der Waals surface area (Å²) in [4.78, 5) is 16.0. The summed E-state index contributed by atoms with van der Waals surface area (Å²) in [6, 6.07) is 0.287. The first-order chi connectivity index (χ1) is 6.36. The van der Waals surface area contributed by atoms with E-state index in [1.165, 1.54) is 11.3 Å². The quantitative estimate of drug-likeness (QED) is 0.714. The Bertz CT molecular complexity index is 280. The van der Waals surface area contributed by atoms with Crippen LogP contribution in [0.1, 0.15) is 16.1 Å². The Morgan fingerprint density at radius 1 is 1.77 bits per heavy atom. The van der Waals surface area contributed by atoms with Gasteiger partial charge in [-0.15, -0.1) is 11.3 Å². The third kappa shape index (κ3) is 2.05. The third-order valence-electron chi connectivity index (χ3n) is 2.05. The van der Waals surface area contributed by atoms with E-state index in [2.05, 4.69) is 15.6 Å². The Morgan fingerprint density at radius 3 is 3.31 bits per heavy atom. The molecule has 0 unspecified atom stereocenters. The van der Waals surface area contributed by atoms with Crippen LogP contribution < -0.4 is 10.6 Å². The molecule has 0 radical (unpaired) electrons. The number of nitrogens with one attached hydrogen (secondary N) is 2. The normalized spacial score (nSPS) is 21.7. The molecule has 2 rings (SSSR count). The standard InChI is InChI=1S/C8H11N3OS/c12-8(7-4-10-5-13-7)11-6-1-2-9-3-6/h4-6,9H,1-3H2,(H,11,12)/t6-/m0/s1. The van der Waals surface area contributed by atoms with Gasteiger partial charge in [0.25, 0.3) is 5.91 Å². The van der Waals surface area contributed by atoms with E-state index in [1.807, 2.05) is 0 Å². The number of amides is 1. The summed E-state index contributed by atoms with van der Waals surface area (Å²) in [5.41, 5.74) is 1.67. The van der Waals surface area contributed by atoms with Crippen molar-refractivity contribution in [3.63, 3.8) is 0 Å². The summed E-state index contributed by atoms with van der Waals surface area (Å²) in [6.45, 7) is 1.87. The summed E-state index contributed by atoms with van der Waals surface area (Å²) in [5, 5.41) is 6.15. The van der Waals surface area contributed by atoms with Crippen molar-refractivity contribution in [2.75, 3.05) is 13.1 Å². The topological polar surface area (TPSA) is 54.0 Å². The molecule has 1 aromatic rings. The van der Waals surface area contributed by atoms with Crippen LogP contribution in [-0.4, -0.2) is 30.0 Å². The van der Waals surface area contributed by atoms with Gasteiger partial charge in [-0.1, -0.05) is 0 Å². The molecule has 0 aliphatic carbocycles. The molecule has 70 valence electrons. The molecule has 1 aliphatic heterocycles. The maximum Gasteiger partial charge on any atom is 0.263 e. The molecule has 1 aliphatic rings. The fourth-order valence-corrected chi connectivity index (χ4v) is 1.89. The van der Waals surface area contributed by atoms with Crippen LogP contribution >= 0.6 is 11.3 Å². The predicted molar refractivity (Wildman–Crippen MR) is 50.9 cm³/mol. The molecule has 0 bridgehead atoms. The van der Waals surface area contributed by atoms with Crippen molar-refractivity contribution < 1.29 is 4.79 Å². The van der Waals surface area contributed by atoms with Gasteiger partial charge in [-0.25, -0.2) is 0 Å². The van der Waals surface area contributed by atoms with E-state index in [4.69, 9.17) is 0 Å². The van der Waals surface area contributed by atoms with Crippen LogP contribution in [0.5, 0.6) is 0 Å². The van der Waals surface area contributed by atoms with Gasteiger partial charge in [0.1, 0.15) is 4.88 Å². The Morgan fingerprint density at radius 2 is 2.69 bits per heavy atom. The lowest BCUT2D eigenvalue weighted by Crippen LogP contribution is -2.35. The Balaban J connectivity index is 1.91. The van der Waals surface area contributed by atoms with Gasteiger partial charge in [0.2, 0.25) is 0 Å². The van der Waals surface area contributed by atoms with Gasteiger partial charge in [-0.2, -0.15) is 0 Å². The van der Waals surface area contributed by atoms with E-state index in [0.29, 0.717) is 4.88 Å². The molecule has 13 heavy (non-hydrogen) atoms. The highest BCUT2D eigenvalue weighted by molar-refractivity contribution is 7.11. The van der Waals surface area contributed by atoms with E-state index in [1.54, 1.807) is 11.7 Å². The van der Waals surface area contributed by atoms with Crippen molar-refractivity contribution in [3.05, 3.63) is 16.6 Å². The lowest BCUT2D eigenvalue weighted by molar-refractivity contribution is 0.0944. The number of hydrogen-bond acceptors (Lipinski definition) is 4. The van der Waals surface area contributed by atoms with Crippen molar-refractivity contribution in [3.8, 4) is 0 Å². The molecule has 1 amide bonds. The molecule has 0 aromatic carbocycles. The molecule has 0 spiro atoms. The summed E-state index contributed by atoms with van der Waals surface area (Å²) >= 11 is 1.37. The first-order valence-corrected chi connectivity index (χ1v) is 5.14. The Kier molecular flexibility index (Phi) is 2.56. The molecule has 1 atom stereocenters. The van der Waals surface area contributed by atoms with Gasteiger partial charge in [0.05, 0.1) is 11.7 Å². The van der Waals surface area contributed by atoms with Crippen LogP contribution in [-0.2, 0) is 0 Å². The zero-order valence-electron chi connectivity index (χ0n) is 7.12. The van der Waals surface area contributed by atoms with Crippen molar-refractivity contribution in [2.45, 2.75) is 12.5 Å². The molecular weight excluding hydrogens is 186 g/mol. The smallest absolute Gasteiger partial charge is 0.263 e.